The lowest BCUT2D eigenvalue weighted by Crippen LogP contribution is -2.28. The Bertz CT molecular complexity index is 1560. The van der Waals surface area contributed by atoms with E-state index in [1.165, 1.54) is 55.4 Å². The molecule has 0 radical (unpaired) electrons. The summed E-state index contributed by atoms with van der Waals surface area (Å²) in [5.41, 5.74) is 11.1. The Morgan fingerprint density at radius 1 is 0.429 bits per heavy atom. The Hall–Kier alpha value is -4.49. The molecule has 0 fully saturated rings. The summed E-state index contributed by atoms with van der Waals surface area (Å²) in [6, 6.07) is 47.9. The van der Waals surface area contributed by atoms with Gasteiger partial charge in [0.05, 0.1) is 5.39 Å². The second kappa shape index (κ2) is 9.04. The van der Waals surface area contributed by atoms with Crippen LogP contribution in [0.5, 0.6) is 0 Å². The van der Waals surface area contributed by atoms with Gasteiger partial charge in [-0.2, -0.15) is 0 Å². The van der Waals surface area contributed by atoms with Gasteiger partial charge in [-0.25, -0.2) is 4.57 Å². The minimum atomic E-state index is 1.22. The van der Waals surface area contributed by atoms with Gasteiger partial charge in [-0.3, -0.25) is 0 Å². The van der Waals surface area contributed by atoms with Gasteiger partial charge in [0.25, 0.3) is 0 Å². The summed E-state index contributed by atoms with van der Waals surface area (Å²) in [5, 5.41) is 1.25. The quantitative estimate of drug-likeness (QED) is 0.239. The third kappa shape index (κ3) is 3.92. The van der Waals surface area contributed by atoms with Gasteiger partial charge in [-0.1, -0.05) is 103 Å². The van der Waals surface area contributed by atoms with Crippen LogP contribution in [0.2, 0.25) is 0 Å². The van der Waals surface area contributed by atoms with Crippen molar-refractivity contribution in [3.05, 3.63) is 140 Å². The highest BCUT2D eigenvalue weighted by atomic mass is 14.9. The molecule has 5 aromatic carbocycles. The summed E-state index contributed by atoms with van der Waals surface area (Å²) in [6.45, 7) is 0. The van der Waals surface area contributed by atoms with Crippen molar-refractivity contribution in [1.29, 1.82) is 0 Å². The molecule has 0 aliphatic carbocycles. The minimum absolute atomic E-state index is 1.22. The van der Waals surface area contributed by atoms with Gasteiger partial charge in [0.2, 0.25) is 5.52 Å². The van der Waals surface area contributed by atoms with Crippen LogP contribution in [0, 0.1) is 0 Å². The number of aryl methyl sites for hydroxylation is 1. The van der Waals surface area contributed by atoms with E-state index in [0.29, 0.717) is 0 Å². The summed E-state index contributed by atoms with van der Waals surface area (Å²) >= 11 is 0. The Morgan fingerprint density at radius 2 is 0.914 bits per heavy atom. The average molecular weight is 449 g/mol. The lowest BCUT2D eigenvalue weighted by Gasteiger charge is -2.19. The van der Waals surface area contributed by atoms with Crippen molar-refractivity contribution < 1.29 is 4.57 Å². The number of pyridine rings is 1. The van der Waals surface area contributed by atoms with E-state index in [-0.39, 0.29) is 0 Å². The maximum Gasteiger partial charge on any atom is 0.212 e. The average Bonchev–Trinajstić information content (AvgIpc) is 2.94. The van der Waals surface area contributed by atoms with Gasteiger partial charge in [-0.15, -0.1) is 0 Å². The van der Waals surface area contributed by atoms with E-state index in [1.54, 1.807) is 0 Å². The molecule has 0 saturated heterocycles. The zero-order valence-electron chi connectivity index (χ0n) is 19.7. The molecule has 166 valence electrons. The molecule has 6 rings (SSSR count). The lowest BCUT2D eigenvalue weighted by molar-refractivity contribution is -0.644. The molecule has 1 nitrogen and oxygen atoms in total. The molecule has 0 saturated carbocycles. The molecule has 0 amide bonds. The SMILES string of the molecule is C[n+]1ccc(-c2c(-c3ccccc3)cc(-c3ccccc3)cc2-c2ccccc2)c2ccccc21. The molecule has 0 aliphatic heterocycles. The molecule has 1 heterocycles. The topological polar surface area (TPSA) is 3.88 Å². The third-order valence-electron chi connectivity index (χ3n) is 6.72. The number of nitrogens with zero attached hydrogens (tertiary/aromatic N) is 1. The molecule has 0 bridgehead atoms. The number of benzene rings is 5. The van der Waals surface area contributed by atoms with E-state index in [9.17, 15) is 0 Å². The van der Waals surface area contributed by atoms with E-state index < -0.39 is 0 Å². The summed E-state index contributed by atoms with van der Waals surface area (Å²) in [5.74, 6) is 0. The van der Waals surface area contributed by atoms with Crippen molar-refractivity contribution in [3.63, 3.8) is 0 Å². The van der Waals surface area contributed by atoms with Gasteiger partial charge in [-0.05, 0) is 57.1 Å². The molecule has 0 N–H and O–H groups in total. The first-order valence-electron chi connectivity index (χ1n) is 12.0. The van der Waals surface area contributed by atoms with Crippen LogP contribution in [0.4, 0.5) is 0 Å². The molecule has 1 heteroatoms. The molecule has 1 aromatic heterocycles. The fraction of sp³-hybridized carbons (Fsp3) is 0.0294. The number of para-hydroxylation sites is 1. The molecule has 35 heavy (non-hydrogen) atoms. The van der Waals surface area contributed by atoms with Crippen LogP contribution in [0.15, 0.2) is 140 Å². The van der Waals surface area contributed by atoms with Crippen molar-refractivity contribution in [3.8, 4) is 44.5 Å². The van der Waals surface area contributed by atoms with Gasteiger partial charge in [0.15, 0.2) is 6.20 Å². The monoisotopic (exact) mass is 448 g/mol. The highest BCUT2D eigenvalue weighted by Gasteiger charge is 2.20. The number of rotatable bonds is 4. The predicted octanol–water partition coefficient (Wildman–Crippen LogP) is 8.33. The van der Waals surface area contributed by atoms with Crippen LogP contribution in [-0.4, -0.2) is 0 Å². The van der Waals surface area contributed by atoms with Crippen LogP contribution in [-0.2, 0) is 7.05 Å². The zero-order valence-corrected chi connectivity index (χ0v) is 19.7. The predicted molar refractivity (Wildman–Crippen MR) is 147 cm³/mol. The number of aromatic nitrogens is 1. The first kappa shape index (κ1) is 21.1. The van der Waals surface area contributed by atoms with E-state index in [2.05, 4.69) is 151 Å². The maximum atomic E-state index is 2.36. The smallest absolute Gasteiger partial charge is 0.201 e. The molecule has 0 aliphatic rings. The first-order chi connectivity index (χ1) is 17.3. The number of hydrogen-bond donors (Lipinski definition) is 0. The summed E-state index contributed by atoms with van der Waals surface area (Å²) in [6.07, 6.45) is 2.17. The summed E-state index contributed by atoms with van der Waals surface area (Å²) in [4.78, 5) is 0. The number of hydrogen-bond acceptors (Lipinski definition) is 0. The van der Waals surface area contributed by atoms with E-state index >= 15 is 0 Å². The Kier molecular flexibility index (Phi) is 5.44. The molecule has 0 atom stereocenters. The Balaban J connectivity index is 1.77. The normalized spacial score (nSPS) is 11.0. The second-order valence-electron chi connectivity index (χ2n) is 8.90. The maximum absolute atomic E-state index is 2.36. The minimum Gasteiger partial charge on any atom is -0.201 e. The molecule has 0 spiro atoms. The van der Waals surface area contributed by atoms with Gasteiger partial charge < -0.3 is 0 Å². The van der Waals surface area contributed by atoms with Crippen molar-refractivity contribution >= 4 is 10.9 Å². The fourth-order valence-electron chi connectivity index (χ4n) is 5.00. The van der Waals surface area contributed by atoms with Crippen molar-refractivity contribution in [1.82, 2.24) is 0 Å². The van der Waals surface area contributed by atoms with Crippen molar-refractivity contribution in [2.45, 2.75) is 0 Å². The fourth-order valence-corrected chi connectivity index (χ4v) is 5.00. The van der Waals surface area contributed by atoms with Crippen LogP contribution >= 0.6 is 0 Å². The molecular formula is C34H26N+. The second-order valence-corrected chi connectivity index (χ2v) is 8.90. The lowest BCUT2D eigenvalue weighted by atomic mass is 9.84. The largest absolute Gasteiger partial charge is 0.212 e. The summed E-state index contributed by atoms with van der Waals surface area (Å²) in [7, 11) is 2.11. The molecule has 6 aromatic rings. The van der Waals surface area contributed by atoms with Crippen LogP contribution in [0.3, 0.4) is 0 Å². The van der Waals surface area contributed by atoms with Gasteiger partial charge >= 0.3 is 0 Å². The van der Waals surface area contributed by atoms with Crippen LogP contribution < -0.4 is 4.57 Å². The van der Waals surface area contributed by atoms with Crippen molar-refractivity contribution in [2.75, 3.05) is 0 Å². The van der Waals surface area contributed by atoms with Crippen molar-refractivity contribution in [2.24, 2.45) is 7.05 Å². The van der Waals surface area contributed by atoms with Gasteiger partial charge in [0, 0.05) is 17.7 Å². The highest BCUT2D eigenvalue weighted by molar-refractivity contribution is 6.04. The van der Waals surface area contributed by atoms with E-state index in [4.69, 9.17) is 0 Å². The van der Waals surface area contributed by atoms with Crippen LogP contribution in [0.1, 0.15) is 0 Å². The highest BCUT2D eigenvalue weighted by Crippen LogP contribution is 2.44. The Morgan fingerprint density at radius 3 is 1.49 bits per heavy atom. The molecular weight excluding hydrogens is 422 g/mol. The molecule has 0 unspecified atom stereocenters. The third-order valence-corrected chi connectivity index (χ3v) is 6.72. The summed E-state index contributed by atoms with van der Waals surface area (Å²) < 4.78 is 2.20. The van der Waals surface area contributed by atoms with E-state index in [1.807, 2.05) is 0 Å². The zero-order chi connectivity index (χ0) is 23.6. The Labute approximate surface area is 206 Å². The first-order valence-corrected chi connectivity index (χ1v) is 12.0. The standard InChI is InChI=1S/C34H26N/c1-35-22-21-30(29-19-11-12-20-33(29)35)34-31(26-15-7-3-8-16-26)23-28(25-13-5-2-6-14-25)24-32(34)27-17-9-4-10-18-27/h2-24H,1H3/q+1. The number of fused-ring (bicyclic) bond motifs is 1. The van der Waals surface area contributed by atoms with E-state index in [0.717, 1.165) is 0 Å². The van der Waals surface area contributed by atoms with Crippen LogP contribution in [0.25, 0.3) is 55.4 Å². The van der Waals surface area contributed by atoms with Gasteiger partial charge in [0.1, 0.15) is 7.05 Å².